The molecule has 25 heavy (non-hydrogen) atoms. The molecule has 0 saturated heterocycles. The van der Waals surface area contributed by atoms with Crippen LogP contribution in [0.3, 0.4) is 0 Å². The van der Waals surface area contributed by atoms with Crippen molar-refractivity contribution in [2.45, 2.75) is 32.5 Å². The molecular formula is C19H19ClN2O3. The van der Waals surface area contributed by atoms with Crippen LogP contribution in [0.1, 0.15) is 42.4 Å². The van der Waals surface area contributed by atoms with Gasteiger partial charge in [0.05, 0.1) is 10.6 Å². The maximum atomic E-state index is 13.1. The number of nitrogens with zero attached hydrogens (tertiary/aromatic N) is 1. The smallest absolute Gasteiger partial charge is 0.258 e. The molecule has 2 heterocycles. The van der Waals surface area contributed by atoms with Crippen LogP contribution in [0.5, 0.6) is 11.5 Å². The molecule has 5 nitrogen and oxygen atoms in total. The first-order valence-corrected chi connectivity index (χ1v) is 8.75. The summed E-state index contributed by atoms with van der Waals surface area (Å²) in [5, 5.41) is 3.97. The number of anilines is 1. The van der Waals surface area contributed by atoms with Gasteiger partial charge in [-0.3, -0.25) is 4.79 Å². The molecule has 2 aliphatic rings. The number of carbonyl (C=O) groups is 1. The van der Waals surface area contributed by atoms with E-state index in [-0.39, 0.29) is 24.9 Å². The van der Waals surface area contributed by atoms with E-state index in [0.29, 0.717) is 22.1 Å². The third-order valence-electron chi connectivity index (χ3n) is 4.79. The van der Waals surface area contributed by atoms with Crippen LogP contribution in [0.4, 0.5) is 5.69 Å². The molecule has 2 aliphatic heterocycles. The fourth-order valence-electron chi connectivity index (χ4n) is 3.31. The molecule has 1 amide bonds. The fraction of sp³-hybridized carbons (Fsp3) is 0.316. The number of nitrogens with one attached hydrogen (secondary N) is 1. The quantitative estimate of drug-likeness (QED) is 0.881. The van der Waals surface area contributed by atoms with Gasteiger partial charge in [-0.2, -0.15) is 0 Å². The van der Waals surface area contributed by atoms with Crippen LogP contribution in [-0.4, -0.2) is 23.6 Å². The Morgan fingerprint density at radius 1 is 1.32 bits per heavy atom. The number of amides is 1. The van der Waals surface area contributed by atoms with E-state index < -0.39 is 0 Å². The normalized spacial score (nSPS) is 19.4. The second-order valence-electron chi connectivity index (χ2n) is 6.30. The summed E-state index contributed by atoms with van der Waals surface area (Å²) in [5.41, 5.74) is 2.38. The Balaban J connectivity index is 1.82. The van der Waals surface area contributed by atoms with Gasteiger partial charge < -0.3 is 19.7 Å². The minimum atomic E-state index is -0.315. The zero-order valence-electron chi connectivity index (χ0n) is 14.1. The molecule has 6 heteroatoms. The molecule has 0 saturated carbocycles. The van der Waals surface area contributed by atoms with Crippen molar-refractivity contribution in [3.05, 3.63) is 52.5 Å². The summed E-state index contributed by atoms with van der Waals surface area (Å²) in [7, 11) is 0. The van der Waals surface area contributed by atoms with E-state index in [1.165, 1.54) is 0 Å². The number of fused-ring (bicyclic) bond motifs is 2. The Kier molecular flexibility index (Phi) is 3.96. The Morgan fingerprint density at radius 3 is 2.92 bits per heavy atom. The van der Waals surface area contributed by atoms with E-state index in [0.717, 1.165) is 17.7 Å². The van der Waals surface area contributed by atoms with Crippen molar-refractivity contribution >= 4 is 23.2 Å². The lowest BCUT2D eigenvalue weighted by molar-refractivity contribution is 0.0593. The molecule has 0 unspecified atom stereocenters. The molecule has 0 radical (unpaired) electrons. The van der Waals surface area contributed by atoms with Gasteiger partial charge in [-0.15, -0.1) is 0 Å². The van der Waals surface area contributed by atoms with Crippen LogP contribution in [0.25, 0.3) is 0 Å². The predicted molar refractivity (Wildman–Crippen MR) is 96.3 cm³/mol. The molecule has 0 fully saturated rings. The lowest BCUT2D eigenvalue weighted by Crippen LogP contribution is -2.47. The van der Waals surface area contributed by atoms with Crippen LogP contribution in [0.15, 0.2) is 36.4 Å². The van der Waals surface area contributed by atoms with E-state index in [2.05, 4.69) is 19.2 Å². The second-order valence-corrected chi connectivity index (χ2v) is 6.71. The first-order valence-electron chi connectivity index (χ1n) is 8.37. The molecule has 2 atom stereocenters. The molecule has 2 aromatic carbocycles. The van der Waals surface area contributed by atoms with E-state index >= 15 is 0 Å². The van der Waals surface area contributed by atoms with Crippen LogP contribution in [0.2, 0.25) is 5.02 Å². The van der Waals surface area contributed by atoms with Crippen molar-refractivity contribution in [2.75, 3.05) is 12.1 Å². The minimum Gasteiger partial charge on any atom is -0.454 e. The molecule has 130 valence electrons. The fourth-order valence-corrected chi connectivity index (χ4v) is 3.58. The van der Waals surface area contributed by atoms with Gasteiger partial charge in [0.1, 0.15) is 6.17 Å². The number of hydrogen-bond acceptors (Lipinski definition) is 4. The maximum absolute atomic E-state index is 13.1. The average molecular weight is 359 g/mol. The standard InChI is InChI=1S/C19H19ClN2O3/c1-3-11(2)22-18(21-15-7-5-4-6-13(15)19(22)23)12-8-14(20)17-16(9-12)24-10-25-17/h4-9,11,18,21H,3,10H2,1-2H3/t11-,18+/m0/s1. The summed E-state index contributed by atoms with van der Waals surface area (Å²) in [6, 6.07) is 11.4. The van der Waals surface area contributed by atoms with E-state index in [1.807, 2.05) is 41.3 Å². The van der Waals surface area contributed by atoms with Gasteiger partial charge in [-0.05, 0) is 37.6 Å². The van der Waals surface area contributed by atoms with Crippen LogP contribution < -0.4 is 14.8 Å². The molecular weight excluding hydrogens is 340 g/mol. The van der Waals surface area contributed by atoms with Crippen molar-refractivity contribution < 1.29 is 14.3 Å². The Hall–Kier alpha value is -2.40. The van der Waals surface area contributed by atoms with Gasteiger partial charge in [0.15, 0.2) is 11.5 Å². The lowest BCUT2D eigenvalue weighted by Gasteiger charge is -2.41. The second kappa shape index (κ2) is 6.15. The van der Waals surface area contributed by atoms with Crippen molar-refractivity contribution in [2.24, 2.45) is 0 Å². The topological polar surface area (TPSA) is 50.8 Å². The number of rotatable bonds is 3. The Morgan fingerprint density at radius 2 is 2.12 bits per heavy atom. The van der Waals surface area contributed by atoms with Gasteiger partial charge in [-0.1, -0.05) is 30.7 Å². The van der Waals surface area contributed by atoms with Gasteiger partial charge in [-0.25, -0.2) is 0 Å². The number of para-hydroxylation sites is 1. The SMILES string of the molecule is CC[C@H](C)N1C(=O)c2ccccc2N[C@H]1c1cc(Cl)c2c(c1)OCO2. The lowest BCUT2D eigenvalue weighted by atomic mass is 10.0. The molecule has 0 bridgehead atoms. The van der Waals surface area contributed by atoms with Crippen molar-refractivity contribution in [3.8, 4) is 11.5 Å². The van der Waals surface area contributed by atoms with Crippen molar-refractivity contribution in [1.29, 1.82) is 0 Å². The van der Waals surface area contributed by atoms with Crippen LogP contribution in [-0.2, 0) is 0 Å². The van der Waals surface area contributed by atoms with Crippen molar-refractivity contribution in [3.63, 3.8) is 0 Å². The number of halogens is 1. The maximum Gasteiger partial charge on any atom is 0.258 e. The zero-order valence-corrected chi connectivity index (χ0v) is 14.8. The number of benzene rings is 2. The summed E-state index contributed by atoms with van der Waals surface area (Å²) in [6.45, 7) is 4.28. The summed E-state index contributed by atoms with van der Waals surface area (Å²) in [4.78, 5) is 15.0. The number of hydrogen-bond donors (Lipinski definition) is 1. The highest BCUT2D eigenvalue weighted by atomic mass is 35.5. The van der Waals surface area contributed by atoms with Crippen LogP contribution >= 0.6 is 11.6 Å². The molecule has 2 aromatic rings. The highest BCUT2D eigenvalue weighted by molar-refractivity contribution is 6.32. The van der Waals surface area contributed by atoms with Crippen molar-refractivity contribution in [1.82, 2.24) is 4.90 Å². The Bertz CT molecular complexity index is 839. The van der Waals surface area contributed by atoms with Gasteiger partial charge in [0, 0.05) is 17.3 Å². The molecule has 1 N–H and O–H groups in total. The van der Waals surface area contributed by atoms with Crippen LogP contribution in [0, 0.1) is 0 Å². The van der Waals surface area contributed by atoms with E-state index in [1.54, 1.807) is 0 Å². The number of carbonyl (C=O) groups excluding carboxylic acids is 1. The summed E-state index contributed by atoms with van der Waals surface area (Å²) in [6.07, 6.45) is 0.536. The largest absolute Gasteiger partial charge is 0.454 e. The first kappa shape index (κ1) is 16.1. The highest BCUT2D eigenvalue weighted by Gasteiger charge is 2.36. The molecule has 0 spiro atoms. The van der Waals surface area contributed by atoms with Gasteiger partial charge >= 0.3 is 0 Å². The summed E-state index contributed by atoms with van der Waals surface area (Å²) < 4.78 is 10.9. The Labute approximate surface area is 151 Å². The molecule has 0 aliphatic carbocycles. The van der Waals surface area contributed by atoms with E-state index in [9.17, 15) is 4.79 Å². The van der Waals surface area contributed by atoms with E-state index in [4.69, 9.17) is 21.1 Å². The monoisotopic (exact) mass is 358 g/mol. The third kappa shape index (κ3) is 2.59. The minimum absolute atomic E-state index is 0.0162. The first-order chi connectivity index (χ1) is 12.1. The third-order valence-corrected chi connectivity index (χ3v) is 5.07. The predicted octanol–water partition coefficient (Wildman–Crippen LogP) is 4.43. The summed E-state index contributed by atoms with van der Waals surface area (Å²) in [5.74, 6) is 1.19. The average Bonchev–Trinajstić information content (AvgIpc) is 3.10. The van der Waals surface area contributed by atoms with Gasteiger partial charge in [0.25, 0.3) is 5.91 Å². The number of ether oxygens (including phenoxy) is 2. The molecule has 4 rings (SSSR count). The zero-order chi connectivity index (χ0) is 17.6. The van der Waals surface area contributed by atoms with Gasteiger partial charge in [0.2, 0.25) is 6.79 Å². The summed E-state index contributed by atoms with van der Waals surface area (Å²) >= 11 is 6.36. The highest BCUT2D eigenvalue weighted by Crippen LogP contribution is 2.43. The molecule has 0 aromatic heterocycles.